The molecule has 6 nitrogen and oxygen atoms in total. The zero-order valence-corrected chi connectivity index (χ0v) is 11.3. The first-order valence-corrected chi connectivity index (χ1v) is 7.39. The zero-order chi connectivity index (χ0) is 13.4. The molecule has 1 aliphatic rings. The van der Waals surface area contributed by atoms with Gasteiger partial charge < -0.3 is 5.32 Å². The van der Waals surface area contributed by atoms with Gasteiger partial charge in [-0.2, -0.15) is 0 Å². The highest BCUT2D eigenvalue weighted by atomic mass is 32.1. The van der Waals surface area contributed by atoms with Gasteiger partial charge in [-0.05, 0) is 12.8 Å². The van der Waals surface area contributed by atoms with Crippen LogP contribution in [0.25, 0.3) is 10.6 Å². The molecule has 1 saturated carbocycles. The summed E-state index contributed by atoms with van der Waals surface area (Å²) in [5, 5.41) is 17.2. The number of thiophene rings is 1. The van der Waals surface area contributed by atoms with Gasteiger partial charge in [0.05, 0.1) is 20.9 Å². The highest BCUT2D eigenvalue weighted by Crippen LogP contribution is 2.34. The van der Waals surface area contributed by atoms with E-state index in [4.69, 9.17) is 0 Å². The van der Waals surface area contributed by atoms with Crippen LogP contribution < -0.4 is 5.32 Å². The van der Waals surface area contributed by atoms with Crippen LogP contribution in [-0.4, -0.2) is 15.8 Å². The number of nitro groups is 1. The summed E-state index contributed by atoms with van der Waals surface area (Å²) in [6, 6.07) is 1.49. The summed E-state index contributed by atoms with van der Waals surface area (Å²) in [6.07, 6.45) is 1.89. The predicted molar refractivity (Wildman–Crippen MR) is 73.4 cm³/mol. The molecule has 19 heavy (non-hydrogen) atoms. The Bertz CT molecular complexity index is 645. The first-order chi connectivity index (χ1) is 9.13. The molecular formula is C11H9N3O3S2. The fourth-order valence-corrected chi connectivity index (χ4v) is 3.16. The Morgan fingerprint density at radius 3 is 2.84 bits per heavy atom. The van der Waals surface area contributed by atoms with Gasteiger partial charge in [0.15, 0.2) is 5.13 Å². The van der Waals surface area contributed by atoms with Crippen molar-refractivity contribution >= 4 is 39.4 Å². The van der Waals surface area contributed by atoms with E-state index in [2.05, 4.69) is 10.3 Å². The number of hydrogen-bond donors (Lipinski definition) is 1. The molecule has 98 valence electrons. The maximum atomic E-state index is 11.6. The molecular weight excluding hydrogens is 286 g/mol. The molecule has 0 atom stereocenters. The van der Waals surface area contributed by atoms with Crippen LogP contribution in [0.2, 0.25) is 0 Å². The van der Waals surface area contributed by atoms with Crippen molar-refractivity contribution in [2.24, 2.45) is 5.92 Å². The molecule has 3 rings (SSSR count). The normalized spacial score (nSPS) is 14.3. The van der Waals surface area contributed by atoms with Crippen LogP contribution in [-0.2, 0) is 4.79 Å². The summed E-state index contributed by atoms with van der Waals surface area (Å²) in [5.41, 5.74) is 0.728. The maximum absolute atomic E-state index is 11.6. The minimum atomic E-state index is -0.428. The van der Waals surface area contributed by atoms with E-state index in [1.54, 1.807) is 5.38 Å². The largest absolute Gasteiger partial charge is 0.302 e. The van der Waals surface area contributed by atoms with E-state index in [0.29, 0.717) is 10.8 Å². The molecule has 0 bridgehead atoms. The van der Waals surface area contributed by atoms with Crippen LogP contribution >= 0.6 is 22.7 Å². The fourth-order valence-electron chi connectivity index (χ4n) is 1.55. The van der Waals surface area contributed by atoms with Gasteiger partial charge in [-0.15, -0.1) is 22.7 Å². The predicted octanol–water partition coefficient (Wildman–Crippen LogP) is 3.13. The molecule has 8 heteroatoms. The number of thiazole rings is 1. The molecule has 0 unspecified atom stereocenters. The van der Waals surface area contributed by atoms with Crippen LogP contribution in [0.15, 0.2) is 16.8 Å². The third-order valence-corrected chi connectivity index (χ3v) is 4.43. The molecule has 1 N–H and O–H groups in total. The third kappa shape index (κ3) is 2.64. The number of hydrogen-bond acceptors (Lipinski definition) is 6. The molecule has 1 aliphatic carbocycles. The van der Waals surface area contributed by atoms with E-state index in [1.807, 2.05) is 0 Å². The van der Waals surface area contributed by atoms with Crippen LogP contribution in [0.1, 0.15) is 12.8 Å². The van der Waals surface area contributed by atoms with Crippen molar-refractivity contribution in [2.45, 2.75) is 12.8 Å². The Balaban J connectivity index is 1.75. The number of aromatic nitrogens is 1. The Hall–Kier alpha value is -1.80. The first-order valence-electron chi connectivity index (χ1n) is 5.63. The number of anilines is 1. The Labute approximate surface area is 116 Å². The number of rotatable bonds is 4. The average Bonchev–Trinajstić information content (AvgIpc) is 2.93. The second-order valence-corrected chi connectivity index (χ2v) is 6.00. The van der Waals surface area contributed by atoms with Crippen LogP contribution in [0.5, 0.6) is 0 Å². The fraction of sp³-hybridized carbons (Fsp3) is 0.273. The number of nitrogens with one attached hydrogen (secondary N) is 1. The van der Waals surface area contributed by atoms with Crippen molar-refractivity contribution in [1.29, 1.82) is 0 Å². The van der Waals surface area contributed by atoms with E-state index in [-0.39, 0.29) is 17.5 Å². The Morgan fingerprint density at radius 1 is 1.42 bits per heavy atom. The van der Waals surface area contributed by atoms with Gasteiger partial charge >= 0.3 is 0 Å². The molecule has 1 amide bonds. The van der Waals surface area contributed by atoms with E-state index in [0.717, 1.165) is 17.7 Å². The zero-order valence-electron chi connectivity index (χ0n) is 9.66. The molecule has 0 aliphatic heterocycles. The van der Waals surface area contributed by atoms with Crippen LogP contribution in [0, 0.1) is 16.0 Å². The SMILES string of the molecule is O=C(Nc1nc(-c2cc([N+](=O)[O-])cs2)cs1)C1CC1. The van der Waals surface area contributed by atoms with Gasteiger partial charge in [-0.25, -0.2) is 4.98 Å². The van der Waals surface area contributed by atoms with Crippen molar-refractivity contribution in [3.05, 3.63) is 26.9 Å². The van der Waals surface area contributed by atoms with E-state index in [1.165, 1.54) is 34.1 Å². The molecule has 2 heterocycles. The summed E-state index contributed by atoms with van der Waals surface area (Å²) >= 11 is 2.60. The van der Waals surface area contributed by atoms with E-state index < -0.39 is 4.92 Å². The number of carbonyl (C=O) groups is 1. The minimum absolute atomic E-state index is 0.0121. The minimum Gasteiger partial charge on any atom is -0.302 e. The van der Waals surface area contributed by atoms with Gasteiger partial charge in [0.2, 0.25) is 5.91 Å². The van der Waals surface area contributed by atoms with E-state index >= 15 is 0 Å². The second kappa shape index (κ2) is 4.71. The molecule has 0 aromatic carbocycles. The lowest BCUT2D eigenvalue weighted by Crippen LogP contribution is -2.12. The summed E-state index contributed by atoms with van der Waals surface area (Å²) in [7, 11) is 0. The summed E-state index contributed by atoms with van der Waals surface area (Å²) in [4.78, 5) is 26.8. The van der Waals surface area contributed by atoms with Gasteiger partial charge in [-0.3, -0.25) is 14.9 Å². The van der Waals surface area contributed by atoms with Gasteiger partial charge in [0.25, 0.3) is 5.69 Å². The molecule has 1 fully saturated rings. The van der Waals surface area contributed by atoms with E-state index in [9.17, 15) is 14.9 Å². The Kier molecular flexibility index (Phi) is 3.03. The highest BCUT2D eigenvalue weighted by Gasteiger charge is 2.30. The van der Waals surface area contributed by atoms with Gasteiger partial charge in [0, 0.05) is 17.4 Å². The average molecular weight is 295 g/mol. The standard InChI is InChI=1S/C11H9N3O3S2/c15-10(6-1-2-6)13-11-12-8(5-19-11)9-3-7(4-18-9)14(16)17/h3-6H,1-2H2,(H,12,13,15). The quantitative estimate of drug-likeness (QED) is 0.693. The number of nitrogens with zero attached hydrogens (tertiary/aromatic N) is 2. The lowest BCUT2D eigenvalue weighted by molar-refractivity contribution is -0.384. The van der Waals surface area contributed by atoms with Crippen molar-refractivity contribution in [3.63, 3.8) is 0 Å². The van der Waals surface area contributed by atoms with Crippen molar-refractivity contribution < 1.29 is 9.72 Å². The molecule has 0 radical (unpaired) electrons. The highest BCUT2D eigenvalue weighted by molar-refractivity contribution is 7.16. The lowest BCUT2D eigenvalue weighted by atomic mass is 10.3. The smallest absolute Gasteiger partial charge is 0.280 e. The van der Waals surface area contributed by atoms with Crippen molar-refractivity contribution in [1.82, 2.24) is 4.98 Å². The Morgan fingerprint density at radius 2 is 2.21 bits per heavy atom. The summed E-state index contributed by atoms with van der Waals surface area (Å²) in [5.74, 6) is 0.147. The van der Waals surface area contributed by atoms with Gasteiger partial charge in [-0.1, -0.05) is 0 Å². The summed E-state index contributed by atoms with van der Waals surface area (Å²) < 4.78 is 0. The third-order valence-electron chi connectivity index (χ3n) is 2.73. The molecule has 0 saturated heterocycles. The first kappa shape index (κ1) is 12.2. The lowest BCUT2D eigenvalue weighted by Gasteiger charge is -1.97. The molecule has 2 aromatic heterocycles. The van der Waals surface area contributed by atoms with Crippen molar-refractivity contribution in [2.75, 3.05) is 5.32 Å². The number of amides is 1. The summed E-state index contributed by atoms with van der Waals surface area (Å²) in [6.45, 7) is 0. The monoisotopic (exact) mass is 295 g/mol. The second-order valence-electron chi connectivity index (χ2n) is 4.23. The molecule has 0 spiro atoms. The van der Waals surface area contributed by atoms with Crippen molar-refractivity contribution in [3.8, 4) is 10.6 Å². The number of carbonyl (C=O) groups excluding carboxylic acids is 1. The van der Waals surface area contributed by atoms with Crippen LogP contribution in [0.4, 0.5) is 10.8 Å². The maximum Gasteiger partial charge on any atom is 0.280 e. The van der Waals surface area contributed by atoms with Crippen LogP contribution in [0.3, 0.4) is 0 Å². The van der Waals surface area contributed by atoms with Gasteiger partial charge in [0.1, 0.15) is 0 Å². The molecule has 2 aromatic rings. The topological polar surface area (TPSA) is 85.1 Å².